The van der Waals surface area contributed by atoms with Crippen LogP contribution in [0.4, 0.5) is 15.8 Å². The largest absolute Gasteiger partial charge is 0.365 e. The van der Waals surface area contributed by atoms with Gasteiger partial charge in [-0.1, -0.05) is 11.6 Å². The van der Waals surface area contributed by atoms with Crippen LogP contribution in [0.5, 0.6) is 0 Å². The predicted molar refractivity (Wildman–Crippen MR) is 92.9 cm³/mol. The lowest BCUT2D eigenvalue weighted by atomic mass is 10.3. The van der Waals surface area contributed by atoms with E-state index >= 15 is 0 Å². The highest BCUT2D eigenvalue weighted by atomic mass is 35.5. The molecule has 0 saturated carbocycles. The summed E-state index contributed by atoms with van der Waals surface area (Å²) >= 11 is 5.66. The van der Waals surface area contributed by atoms with Crippen molar-refractivity contribution in [1.29, 1.82) is 0 Å². The monoisotopic (exact) mass is 370 g/mol. The third kappa shape index (κ3) is 4.69. The molecule has 0 aliphatic rings. The Morgan fingerprint density at radius 1 is 1.21 bits per heavy atom. The average Bonchev–Trinajstić information content (AvgIpc) is 2.50. The number of carbonyl (C=O) groups excluding carboxylic acids is 1. The van der Waals surface area contributed by atoms with Crippen LogP contribution in [-0.4, -0.2) is 34.2 Å². The number of amides is 1. The topological polar surface area (TPSA) is 66.5 Å². The van der Waals surface area contributed by atoms with Crippen molar-refractivity contribution in [1.82, 2.24) is 0 Å². The van der Waals surface area contributed by atoms with E-state index in [0.717, 1.165) is 6.26 Å². The maximum Gasteiger partial charge on any atom is 0.243 e. The number of benzene rings is 2. The number of anilines is 2. The van der Waals surface area contributed by atoms with Gasteiger partial charge in [0.2, 0.25) is 5.91 Å². The summed E-state index contributed by atoms with van der Waals surface area (Å²) in [6.45, 7) is 0.0349. The zero-order valence-corrected chi connectivity index (χ0v) is 14.7. The second kappa shape index (κ2) is 7.19. The zero-order chi connectivity index (χ0) is 17.9. The first-order valence-electron chi connectivity index (χ1n) is 6.93. The van der Waals surface area contributed by atoms with Crippen LogP contribution in [0.1, 0.15) is 0 Å². The van der Waals surface area contributed by atoms with Gasteiger partial charge in [0.05, 0.1) is 16.5 Å². The Balaban J connectivity index is 2.01. The molecular weight excluding hydrogens is 355 g/mol. The van der Waals surface area contributed by atoms with Crippen LogP contribution < -0.4 is 10.2 Å². The van der Waals surface area contributed by atoms with Crippen LogP contribution in [0.25, 0.3) is 0 Å². The fourth-order valence-electron chi connectivity index (χ4n) is 2.03. The van der Waals surface area contributed by atoms with Gasteiger partial charge in [-0.25, -0.2) is 12.8 Å². The lowest BCUT2D eigenvalue weighted by molar-refractivity contribution is -0.114. The molecule has 0 radical (unpaired) electrons. The molecule has 0 bridgehead atoms. The standard InChI is InChI=1S/C16H16ClFN2O3S/c1-20(12-4-6-13(7-5-12)24(2,22)23)10-16(21)19-11-3-8-15(18)14(17)9-11/h3-9H,10H2,1-2H3,(H,19,21). The Kier molecular flexibility index (Phi) is 5.46. The molecule has 5 nitrogen and oxygen atoms in total. The van der Waals surface area contributed by atoms with E-state index in [2.05, 4.69) is 5.32 Å². The first-order valence-corrected chi connectivity index (χ1v) is 9.20. The van der Waals surface area contributed by atoms with Crippen LogP contribution >= 0.6 is 11.6 Å². The number of sulfone groups is 1. The lowest BCUT2D eigenvalue weighted by Gasteiger charge is -2.19. The molecule has 0 aliphatic carbocycles. The van der Waals surface area contributed by atoms with Crippen molar-refractivity contribution < 1.29 is 17.6 Å². The van der Waals surface area contributed by atoms with Gasteiger partial charge in [-0.05, 0) is 42.5 Å². The maximum absolute atomic E-state index is 13.1. The second-order valence-corrected chi connectivity index (χ2v) is 7.72. The van der Waals surface area contributed by atoms with Gasteiger partial charge in [0, 0.05) is 24.7 Å². The fraction of sp³-hybridized carbons (Fsp3) is 0.188. The van der Waals surface area contributed by atoms with Gasteiger partial charge < -0.3 is 10.2 Å². The number of likely N-dealkylation sites (N-methyl/N-ethyl adjacent to an activating group) is 1. The Labute approximate surface area is 145 Å². The minimum atomic E-state index is -3.26. The van der Waals surface area contributed by atoms with Gasteiger partial charge in [-0.2, -0.15) is 0 Å². The summed E-state index contributed by atoms with van der Waals surface area (Å²) in [5.74, 6) is -0.870. The zero-order valence-electron chi connectivity index (χ0n) is 13.1. The van der Waals surface area contributed by atoms with E-state index in [-0.39, 0.29) is 22.4 Å². The molecule has 1 N–H and O–H groups in total. The number of carbonyl (C=O) groups is 1. The smallest absolute Gasteiger partial charge is 0.243 e. The van der Waals surface area contributed by atoms with Gasteiger partial charge in [0.1, 0.15) is 5.82 Å². The number of nitrogens with zero attached hydrogens (tertiary/aromatic N) is 1. The van der Waals surface area contributed by atoms with E-state index in [1.807, 2.05) is 0 Å². The number of hydrogen-bond donors (Lipinski definition) is 1. The molecule has 0 atom stereocenters. The molecular formula is C16H16ClFN2O3S. The maximum atomic E-state index is 13.1. The number of hydrogen-bond acceptors (Lipinski definition) is 4. The van der Waals surface area contributed by atoms with Crippen molar-refractivity contribution in [2.75, 3.05) is 30.1 Å². The quantitative estimate of drug-likeness (QED) is 0.878. The minimum absolute atomic E-state index is 0.0349. The highest BCUT2D eigenvalue weighted by Gasteiger charge is 2.11. The fourth-order valence-corrected chi connectivity index (χ4v) is 2.84. The molecule has 0 unspecified atom stereocenters. The highest BCUT2D eigenvalue weighted by Crippen LogP contribution is 2.20. The summed E-state index contributed by atoms with van der Waals surface area (Å²) in [5.41, 5.74) is 1.09. The summed E-state index contributed by atoms with van der Waals surface area (Å²) in [6.07, 6.45) is 1.13. The summed E-state index contributed by atoms with van der Waals surface area (Å²) in [7, 11) is -1.56. The third-order valence-corrected chi connectivity index (χ3v) is 4.71. The summed E-state index contributed by atoms with van der Waals surface area (Å²) in [6, 6.07) is 10.1. The second-order valence-electron chi connectivity index (χ2n) is 5.30. The highest BCUT2D eigenvalue weighted by molar-refractivity contribution is 7.90. The molecule has 2 aromatic rings. The predicted octanol–water partition coefficient (Wildman–Crippen LogP) is 2.96. The van der Waals surface area contributed by atoms with Crippen molar-refractivity contribution in [3.05, 3.63) is 53.3 Å². The molecule has 2 aromatic carbocycles. The van der Waals surface area contributed by atoms with Crippen molar-refractivity contribution in [2.45, 2.75) is 4.90 Å². The van der Waals surface area contributed by atoms with Crippen LogP contribution in [0.2, 0.25) is 5.02 Å². The van der Waals surface area contributed by atoms with Crippen LogP contribution in [-0.2, 0) is 14.6 Å². The normalized spacial score (nSPS) is 11.2. The van der Waals surface area contributed by atoms with E-state index < -0.39 is 15.7 Å². The van der Waals surface area contributed by atoms with Gasteiger partial charge in [-0.15, -0.1) is 0 Å². The molecule has 0 heterocycles. The van der Waals surface area contributed by atoms with E-state index in [1.165, 1.54) is 30.3 Å². The minimum Gasteiger partial charge on any atom is -0.365 e. The molecule has 0 aliphatic heterocycles. The van der Waals surface area contributed by atoms with Crippen molar-refractivity contribution in [3.8, 4) is 0 Å². The molecule has 2 rings (SSSR count). The van der Waals surface area contributed by atoms with Gasteiger partial charge in [0.15, 0.2) is 9.84 Å². The van der Waals surface area contributed by atoms with Gasteiger partial charge in [0.25, 0.3) is 0 Å². The number of nitrogens with one attached hydrogen (secondary N) is 1. The van der Waals surface area contributed by atoms with E-state index in [9.17, 15) is 17.6 Å². The number of halogens is 2. The van der Waals surface area contributed by atoms with E-state index in [0.29, 0.717) is 11.4 Å². The molecule has 1 amide bonds. The van der Waals surface area contributed by atoms with E-state index in [4.69, 9.17) is 11.6 Å². The number of rotatable bonds is 5. The summed E-state index contributed by atoms with van der Waals surface area (Å²) in [4.78, 5) is 13.9. The molecule has 0 saturated heterocycles. The van der Waals surface area contributed by atoms with Gasteiger partial charge in [-0.3, -0.25) is 4.79 Å². The van der Waals surface area contributed by atoms with Crippen LogP contribution in [0.3, 0.4) is 0 Å². The molecule has 0 spiro atoms. The molecule has 128 valence electrons. The van der Waals surface area contributed by atoms with E-state index in [1.54, 1.807) is 24.1 Å². The SMILES string of the molecule is CN(CC(=O)Nc1ccc(F)c(Cl)c1)c1ccc(S(C)(=O)=O)cc1. The Morgan fingerprint density at radius 2 is 1.83 bits per heavy atom. The molecule has 0 aromatic heterocycles. The molecule has 0 fully saturated rings. The van der Waals surface area contributed by atoms with Crippen LogP contribution in [0, 0.1) is 5.82 Å². The Bertz CT molecular complexity index is 854. The third-order valence-electron chi connectivity index (χ3n) is 3.29. The molecule has 8 heteroatoms. The molecule has 24 heavy (non-hydrogen) atoms. The van der Waals surface area contributed by atoms with Gasteiger partial charge >= 0.3 is 0 Å². The van der Waals surface area contributed by atoms with Crippen LogP contribution in [0.15, 0.2) is 47.4 Å². The van der Waals surface area contributed by atoms with Crippen molar-refractivity contribution in [3.63, 3.8) is 0 Å². The summed E-state index contributed by atoms with van der Waals surface area (Å²) in [5, 5.41) is 2.55. The summed E-state index contributed by atoms with van der Waals surface area (Å²) < 4.78 is 36.0. The Morgan fingerprint density at radius 3 is 2.38 bits per heavy atom. The lowest BCUT2D eigenvalue weighted by Crippen LogP contribution is -2.30. The van der Waals surface area contributed by atoms with Crippen molar-refractivity contribution in [2.24, 2.45) is 0 Å². The average molecular weight is 371 g/mol. The van der Waals surface area contributed by atoms with Crippen molar-refractivity contribution >= 4 is 38.7 Å². The Hall–Kier alpha value is -2.12. The first kappa shape index (κ1) is 18.2. The first-order chi connectivity index (χ1) is 11.2.